The van der Waals surface area contributed by atoms with Gasteiger partial charge >= 0.3 is 0 Å². The van der Waals surface area contributed by atoms with E-state index in [-0.39, 0.29) is 5.56 Å². The summed E-state index contributed by atoms with van der Waals surface area (Å²) >= 11 is 3.28. The Bertz CT molecular complexity index is 792. The Balaban J connectivity index is 2.20. The lowest BCUT2D eigenvalue weighted by Gasteiger charge is -2.15. The summed E-state index contributed by atoms with van der Waals surface area (Å²) in [6.07, 6.45) is 0. The summed E-state index contributed by atoms with van der Waals surface area (Å²) in [5, 5.41) is 9.53. The van der Waals surface area contributed by atoms with Crippen molar-refractivity contribution < 1.29 is 14.2 Å². The molecule has 8 heteroatoms. The molecule has 2 aromatic rings. The van der Waals surface area contributed by atoms with Gasteiger partial charge in [-0.25, -0.2) is 5.10 Å². The number of methoxy groups -OCH3 is 1. The van der Waals surface area contributed by atoms with Crippen molar-refractivity contribution in [3.8, 4) is 17.4 Å². The van der Waals surface area contributed by atoms with Gasteiger partial charge in [0.25, 0.3) is 11.4 Å². The quantitative estimate of drug-likeness (QED) is 0.638. The Labute approximate surface area is 161 Å². The predicted molar refractivity (Wildman–Crippen MR) is 104 cm³/mol. The second-order valence-electron chi connectivity index (χ2n) is 6.02. The highest BCUT2D eigenvalue weighted by molar-refractivity contribution is 9.10. The first-order valence-electron chi connectivity index (χ1n) is 8.40. The molecule has 2 N–H and O–H groups in total. The molecule has 1 aromatic carbocycles. The SMILES string of the molecule is CCOc1n[nH]c(=O)c(Br)c1NCc1ccc(OC)c(OCC(C)C)c1. The molecule has 142 valence electrons. The second kappa shape index (κ2) is 9.47. The van der Waals surface area contributed by atoms with Gasteiger partial charge in [0.05, 0.1) is 20.3 Å². The normalized spacial score (nSPS) is 10.7. The predicted octanol–water partition coefficient (Wildman–Crippen LogP) is 3.59. The summed E-state index contributed by atoms with van der Waals surface area (Å²) < 4.78 is 17.0. The third kappa shape index (κ3) is 5.14. The zero-order valence-electron chi connectivity index (χ0n) is 15.4. The van der Waals surface area contributed by atoms with E-state index in [1.807, 2.05) is 25.1 Å². The van der Waals surface area contributed by atoms with E-state index in [1.54, 1.807) is 7.11 Å². The number of aromatic amines is 1. The number of aromatic nitrogens is 2. The third-order valence-electron chi connectivity index (χ3n) is 3.44. The van der Waals surface area contributed by atoms with Gasteiger partial charge in [0.2, 0.25) is 0 Å². The molecule has 26 heavy (non-hydrogen) atoms. The maximum absolute atomic E-state index is 11.8. The number of nitrogens with zero attached hydrogens (tertiary/aromatic N) is 1. The van der Waals surface area contributed by atoms with Crippen molar-refractivity contribution in [3.63, 3.8) is 0 Å². The van der Waals surface area contributed by atoms with Crippen LogP contribution in [0.15, 0.2) is 27.5 Å². The zero-order valence-corrected chi connectivity index (χ0v) is 17.0. The van der Waals surface area contributed by atoms with E-state index in [2.05, 4.69) is 45.3 Å². The molecule has 0 saturated heterocycles. The molecule has 0 amide bonds. The van der Waals surface area contributed by atoms with E-state index in [1.165, 1.54) is 0 Å². The smallest absolute Gasteiger partial charge is 0.280 e. The molecular weight excluding hydrogens is 402 g/mol. The number of hydrogen-bond donors (Lipinski definition) is 2. The van der Waals surface area contributed by atoms with Crippen LogP contribution in [0.5, 0.6) is 17.4 Å². The van der Waals surface area contributed by atoms with E-state index < -0.39 is 0 Å². The molecule has 0 bridgehead atoms. The van der Waals surface area contributed by atoms with Crippen molar-refractivity contribution in [1.29, 1.82) is 0 Å². The summed E-state index contributed by atoms with van der Waals surface area (Å²) in [4.78, 5) is 11.8. The third-order valence-corrected chi connectivity index (χ3v) is 4.20. The Morgan fingerprint density at radius 1 is 1.27 bits per heavy atom. The number of halogens is 1. The van der Waals surface area contributed by atoms with Gasteiger partial charge in [-0.1, -0.05) is 19.9 Å². The van der Waals surface area contributed by atoms with Crippen LogP contribution in [0.3, 0.4) is 0 Å². The minimum Gasteiger partial charge on any atom is -0.493 e. The maximum Gasteiger partial charge on any atom is 0.280 e. The van der Waals surface area contributed by atoms with Gasteiger partial charge in [0, 0.05) is 6.54 Å². The minimum atomic E-state index is -0.327. The van der Waals surface area contributed by atoms with Gasteiger partial charge in [0.1, 0.15) is 10.2 Å². The van der Waals surface area contributed by atoms with E-state index in [0.29, 0.717) is 53.2 Å². The lowest BCUT2D eigenvalue weighted by atomic mass is 10.2. The molecule has 0 unspecified atom stereocenters. The van der Waals surface area contributed by atoms with Gasteiger partial charge in [-0.05, 0) is 46.5 Å². The van der Waals surface area contributed by atoms with Crippen LogP contribution >= 0.6 is 15.9 Å². The van der Waals surface area contributed by atoms with E-state index >= 15 is 0 Å². The van der Waals surface area contributed by atoms with Crippen molar-refractivity contribution in [3.05, 3.63) is 38.6 Å². The van der Waals surface area contributed by atoms with Crippen LogP contribution in [0.2, 0.25) is 0 Å². The minimum absolute atomic E-state index is 0.327. The molecule has 0 aliphatic heterocycles. The van der Waals surface area contributed by atoms with Gasteiger partial charge < -0.3 is 19.5 Å². The Morgan fingerprint density at radius 3 is 2.69 bits per heavy atom. The van der Waals surface area contributed by atoms with Crippen LogP contribution in [0.4, 0.5) is 5.69 Å². The fraction of sp³-hybridized carbons (Fsp3) is 0.444. The Morgan fingerprint density at radius 2 is 2.04 bits per heavy atom. The Kier molecular flexibility index (Phi) is 7.32. The van der Waals surface area contributed by atoms with Crippen LogP contribution < -0.4 is 25.1 Å². The first-order chi connectivity index (χ1) is 12.5. The highest BCUT2D eigenvalue weighted by atomic mass is 79.9. The molecular formula is C18H24BrN3O4. The molecule has 0 aliphatic rings. The zero-order chi connectivity index (χ0) is 19.1. The molecule has 0 saturated carbocycles. The number of nitrogens with one attached hydrogen (secondary N) is 2. The highest BCUT2D eigenvalue weighted by Gasteiger charge is 2.14. The number of hydrogen-bond acceptors (Lipinski definition) is 6. The average molecular weight is 426 g/mol. The molecule has 1 aromatic heterocycles. The van der Waals surface area contributed by atoms with E-state index in [4.69, 9.17) is 14.2 Å². The number of ether oxygens (including phenoxy) is 3. The van der Waals surface area contributed by atoms with Crippen molar-refractivity contribution in [1.82, 2.24) is 10.2 Å². The molecule has 7 nitrogen and oxygen atoms in total. The Hall–Kier alpha value is -2.22. The van der Waals surface area contributed by atoms with Crippen molar-refractivity contribution >= 4 is 21.6 Å². The second-order valence-corrected chi connectivity index (χ2v) is 6.82. The lowest BCUT2D eigenvalue weighted by Crippen LogP contribution is -2.15. The molecule has 0 spiro atoms. The van der Waals surface area contributed by atoms with Gasteiger partial charge in [-0.2, -0.15) is 0 Å². The average Bonchev–Trinajstić information content (AvgIpc) is 2.63. The number of anilines is 1. The van der Waals surface area contributed by atoms with E-state index in [0.717, 1.165) is 5.56 Å². The first-order valence-corrected chi connectivity index (χ1v) is 9.20. The maximum atomic E-state index is 11.8. The summed E-state index contributed by atoms with van der Waals surface area (Å²) in [5.41, 5.74) is 1.15. The largest absolute Gasteiger partial charge is 0.493 e. The van der Waals surface area contributed by atoms with Crippen molar-refractivity contribution in [2.75, 3.05) is 25.6 Å². The van der Waals surface area contributed by atoms with Crippen LogP contribution in [-0.4, -0.2) is 30.5 Å². The monoisotopic (exact) mass is 425 g/mol. The number of H-pyrrole nitrogens is 1. The fourth-order valence-electron chi connectivity index (χ4n) is 2.20. The van der Waals surface area contributed by atoms with Crippen LogP contribution in [-0.2, 0) is 6.54 Å². The van der Waals surface area contributed by atoms with Crippen molar-refractivity contribution in [2.45, 2.75) is 27.3 Å². The summed E-state index contributed by atoms with van der Waals surface area (Å²) in [7, 11) is 1.61. The highest BCUT2D eigenvalue weighted by Crippen LogP contribution is 2.31. The van der Waals surface area contributed by atoms with Crippen molar-refractivity contribution in [2.24, 2.45) is 5.92 Å². The molecule has 2 rings (SSSR count). The van der Waals surface area contributed by atoms with E-state index in [9.17, 15) is 4.79 Å². The molecule has 0 aliphatic carbocycles. The fourth-order valence-corrected chi connectivity index (χ4v) is 2.60. The van der Waals surface area contributed by atoms with Gasteiger partial charge in [-0.3, -0.25) is 4.79 Å². The lowest BCUT2D eigenvalue weighted by molar-refractivity contribution is 0.256. The van der Waals surface area contributed by atoms with Crippen LogP contribution in [0.1, 0.15) is 26.3 Å². The summed E-state index contributed by atoms with van der Waals surface area (Å²) in [6, 6.07) is 5.72. The topological polar surface area (TPSA) is 85.5 Å². The van der Waals surface area contributed by atoms with Gasteiger partial charge in [0.15, 0.2) is 11.5 Å². The molecule has 1 heterocycles. The first kappa shape index (κ1) is 20.1. The molecule has 0 radical (unpaired) electrons. The van der Waals surface area contributed by atoms with Gasteiger partial charge in [-0.15, -0.1) is 5.10 Å². The van der Waals surface area contributed by atoms with Crippen LogP contribution in [0, 0.1) is 5.92 Å². The summed E-state index contributed by atoms with van der Waals surface area (Å²) in [5.74, 6) is 2.12. The molecule has 0 fully saturated rings. The van der Waals surface area contributed by atoms with Crippen LogP contribution in [0.25, 0.3) is 0 Å². The standard InChI is InChI=1S/C18H24BrN3O4/c1-5-25-18-16(15(19)17(23)21-22-18)20-9-12-6-7-13(24-4)14(8-12)26-10-11(2)3/h6-8,11H,5,9-10H2,1-4H3,(H2,20,21,23). The molecule has 0 atom stereocenters. The number of benzene rings is 1. The number of rotatable bonds is 9. The summed E-state index contributed by atoms with van der Waals surface area (Å²) in [6.45, 7) is 7.54.